The minimum Gasteiger partial charge on any atom is -0.390 e. The van der Waals surface area contributed by atoms with Crippen LogP contribution in [0.25, 0.3) is 11.0 Å². The SMILES string of the molecule is O=C(c1ccc2[nH]c(=O)c(=O)[nH]c2c1)N1C[C@H](O)[C@@H](N2CCCCC2)C1. The van der Waals surface area contributed by atoms with Gasteiger partial charge in [-0.3, -0.25) is 19.3 Å². The first-order chi connectivity index (χ1) is 12.5. The van der Waals surface area contributed by atoms with Crippen molar-refractivity contribution in [1.82, 2.24) is 19.8 Å². The summed E-state index contributed by atoms with van der Waals surface area (Å²) in [6.07, 6.45) is 2.94. The van der Waals surface area contributed by atoms with E-state index >= 15 is 0 Å². The van der Waals surface area contributed by atoms with Crippen LogP contribution in [0.2, 0.25) is 0 Å². The summed E-state index contributed by atoms with van der Waals surface area (Å²) in [6.45, 7) is 2.74. The highest BCUT2D eigenvalue weighted by Gasteiger charge is 2.38. The number of amides is 1. The Balaban J connectivity index is 1.55. The van der Waals surface area contributed by atoms with E-state index in [0.29, 0.717) is 29.7 Å². The smallest absolute Gasteiger partial charge is 0.314 e. The van der Waals surface area contributed by atoms with E-state index in [1.54, 1.807) is 23.1 Å². The molecule has 1 aromatic heterocycles. The minimum absolute atomic E-state index is 0.0177. The number of carbonyl (C=O) groups is 1. The third-order valence-electron chi connectivity index (χ3n) is 5.38. The molecule has 0 saturated carbocycles. The number of aliphatic hydroxyl groups excluding tert-OH is 1. The molecule has 2 saturated heterocycles. The second-order valence-electron chi connectivity index (χ2n) is 7.11. The van der Waals surface area contributed by atoms with E-state index in [0.717, 1.165) is 25.9 Å². The number of carbonyl (C=O) groups excluding carboxylic acids is 1. The second-order valence-corrected chi connectivity index (χ2v) is 7.11. The maximum atomic E-state index is 12.8. The summed E-state index contributed by atoms with van der Waals surface area (Å²) < 4.78 is 0. The van der Waals surface area contributed by atoms with E-state index in [9.17, 15) is 19.5 Å². The lowest BCUT2D eigenvalue weighted by molar-refractivity contribution is 0.0703. The lowest BCUT2D eigenvalue weighted by Gasteiger charge is -2.33. The lowest BCUT2D eigenvalue weighted by Crippen LogP contribution is -2.46. The Hall–Kier alpha value is -2.45. The van der Waals surface area contributed by atoms with E-state index in [4.69, 9.17) is 0 Å². The zero-order valence-electron chi connectivity index (χ0n) is 14.4. The number of hydrogen-bond acceptors (Lipinski definition) is 5. The number of fused-ring (bicyclic) bond motifs is 1. The maximum absolute atomic E-state index is 12.8. The standard InChI is InChI=1S/C18H22N4O4/c23-15-10-22(9-14(15)21-6-2-1-3-7-21)18(26)11-4-5-12-13(8-11)20-17(25)16(24)19-12/h4-5,8,14-15,23H,1-3,6-7,9-10H2,(H,19,24)(H,20,25)/t14-,15-/m0/s1. The molecule has 8 nitrogen and oxygen atoms in total. The molecule has 2 aromatic rings. The predicted molar refractivity (Wildman–Crippen MR) is 96.3 cm³/mol. The van der Waals surface area contributed by atoms with E-state index in [1.807, 2.05) is 0 Å². The van der Waals surface area contributed by atoms with Crippen molar-refractivity contribution in [2.75, 3.05) is 26.2 Å². The summed E-state index contributed by atoms with van der Waals surface area (Å²) in [5.41, 5.74) is -0.161. The molecule has 0 spiro atoms. The Morgan fingerprint density at radius 2 is 1.69 bits per heavy atom. The number of benzene rings is 1. The summed E-state index contributed by atoms with van der Waals surface area (Å²) >= 11 is 0. The highest BCUT2D eigenvalue weighted by atomic mass is 16.3. The van der Waals surface area contributed by atoms with E-state index in [2.05, 4.69) is 14.9 Å². The third-order valence-corrected chi connectivity index (χ3v) is 5.38. The Morgan fingerprint density at radius 3 is 2.42 bits per heavy atom. The molecule has 2 aliphatic heterocycles. The molecule has 138 valence electrons. The lowest BCUT2D eigenvalue weighted by atomic mass is 10.1. The second kappa shape index (κ2) is 6.69. The van der Waals surface area contributed by atoms with Crippen molar-refractivity contribution in [3.8, 4) is 0 Å². The third kappa shape index (κ3) is 3.06. The highest BCUT2D eigenvalue weighted by Crippen LogP contribution is 2.22. The zero-order chi connectivity index (χ0) is 18.3. The topological polar surface area (TPSA) is 109 Å². The van der Waals surface area contributed by atoms with Gasteiger partial charge in [-0.2, -0.15) is 0 Å². The molecule has 0 aliphatic carbocycles. The first kappa shape index (κ1) is 17.0. The van der Waals surface area contributed by atoms with E-state index in [-0.39, 0.29) is 11.9 Å². The monoisotopic (exact) mass is 358 g/mol. The number of aliphatic hydroxyl groups is 1. The first-order valence-electron chi connectivity index (χ1n) is 9.01. The van der Waals surface area contributed by atoms with Gasteiger partial charge in [0.05, 0.1) is 23.2 Å². The van der Waals surface area contributed by atoms with Crippen LogP contribution in [0.3, 0.4) is 0 Å². The van der Waals surface area contributed by atoms with Crippen LogP contribution >= 0.6 is 0 Å². The van der Waals surface area contributed by atoms with Crippen LogP contribution in [-0.2, 0) is 0 Å². The van der Waals surface area contributed by atoms with Crippen molar-refractivity contribution in [3.05, 3.63) is 44.5 Å². The normalized spacial score (nSPS) is 24.3. The number of nitrogens with zero attached hydrogens (tertiary/aromatic N) is 2. The average molecular weight is 358 g/mol. The van der Waals surface area contributed by atoms with Gasteiger partial charge in [0.1, 0.15) is 0 Å². The van der Waals surface area contributed by atoms with E-state index < -0.39 is 17.2 Å². The molecule has 26 heavy (non-hydrogen) atoms. The van der Waals surface area contributed by atoms with Crippen molar-refractivity contribution in [2.45, 2.75) is 31.4 Å². The van der Waals surface area contributed by atoms with Gasteiger partial charge in [0.2, 0.25) is 0 Å². The maximum Gasteiger partial charge on any atom is 0.314 e. The first-order valence-corrected chi connectivity index (χ1v) is 9.01. The average Bonchev–Trinajstić information content (AvgIpc) is 3.04. The molecule has 1 aromatic carbocycles. The van der Waals surface area contributed by atoms with Gasteiger partial charge in [-0.25, -0.2) is 0 Å². The van der Waals surface area contributed by atoms with Crippen LogP contribution in [-0.4, -0.2) is 69.1 Å². The van der Waals surface area contributed by atoms with Crippen molar-refractivity contribution in [2.24, 2.45) is 0 Å². The molecule has 0 unspecified atom stereocenters. The van der Waals surface area contributed by atoms with Crippen molar-refractivity contribution >= 4 is 16.9 Å². The Bertz CT molecular complexity index is 944. The van der Waals surface area contributed by atoms with Gasteiger partial charge in [-0.15, -0.1) is 0 Å². The van der Waals surface area contributed by atoms with Gasteiger partial charge in [0, 0.05) is 18.7 Å². The summed E-state index contributed by atoms with van der Waals surface area (Å²) in [4.78, 5) is 44.6. The van der Waals surface area contributed by atoms with Crippen LogP contribution in [0.4, 0.5) is 0 Å². The number of rotatable bonds is 2. The van der Waals surface area contributed by atoms with Gasteiger partial charge < -0.3 is 20.0 Å². The number of nitrogens with one attached hydrogen (secondary N) is 2. The number of likely N-dealkylation sites (tertiary alicyclic amines) is 2. The largest absolute Gasteiger partial charge is 0.390 e. The van der Waals surface area contributed by atoms with Crippen molar-refractivity contribution < 1.29 is 9.90 Å². The van der Waals surface area contributed by atoms with Gasteiger partial charge in [0.15, 0.2) is 0 Å². The molecule has 8 heteroatoms. The molecule has 2 atom stereocenters. The molecule has 0 bridgehead atoms. The molecule has 2 aliphatic rings. The van der Waals surface area contributed by atoms with Crippen LogP contribution in [0.15, 0.2) is 27.8 Å². The predicted octanol–water partition coefficient (Wildman–Crippen LogP) is -0.112. The van der Waals surface area contributed by atoms with Crippen LogP contribution in [0.5, 0.6) is 0 Å². The fraction of sp³-hybridized carbons (Fsp3) is 0.500. The number of aromatic nitrogens is 2. The summed E-state index contributed by atoms with van der Waals surface area (Å²) in [7, 11) is 0. The molecular formula is C18H22N4O4. The summed E-state index contributed by atoms with van der Waals surface area (Å²) in [6, 6.07) is 4.78. The molecular weight excluding hydrogens is 336 g/mol. The Kier molecular flexibility index (Phi) is 4.37. The van der Waals surface area contributed by atoms with Gasteiger partial charge in [-0.1, -0.05) is 6.42 Å². The van der Waals surface area contributed by atoms with Crippen LogP contribution < -0.4 is 11.1 Å². The number of piperidine rings is 1. The van der Waals surface area contributed by atoms with Gasteiger partial charge in [0.25, 0.3) is 5.91 Å². The fourth-order valence-electron chi connectivity index (χ4n) is 3.97. The molecule has 4 rings (SSSR count). The van der Waals surface area contributed by atoms with Crippen LogP contribution in [0, 0.1) is 0 Å². The summed E-state index contributed by atoms with van der Waals surface area (Å²) in [5.74, 6) is -0.183. The zero-order valence-corrected chi connectivity index (χ0v) is 14.4. The van der Waals surface area contributed by atoms with E-state index in [1.165, 1.54) is 6.42 Å². The molecule has 3 heterocycles. The Morgan fingerprint density at radius 1 is 1.00 bits per heavy atom. The number of hydrogen-bond donors (Lipinski definition) is 3. The van der Waals surface area contributed by atoms with Crippen molar-refractivity contribution in [1.29, 1.82) is 0 Å². The molecule has 2 fully saturated rings. The van der Waals surface area contributed by atoms with Gasteiger partial charge in [-0.05, 0) is 44.1 Å². The molecule has 3 N–H and O–H groups in total. The highest BCUT2D eigenvalue weighted by molar-refractivity contribution is 5.97. The molecule has 1 amide bonds. The minimum atomic E-state index is -0.746. The number of H-pyrrole nitrogens is 2. The quantitative estimate of drug-likeness (QED) is 0.649. The van der Waals surface area contributed by atoms with Gasteiger partial charge >= 0.3 is 11.1 Å². The summed E-state index contributed by atoms with van der Waals surface area (Å²) in [5, 5.41) is 10.4. The number of β-amino-alcohol motifs (C(OH)–C–C–N with tert-alkyl or cyclic N) is 1. The van der Waals surface area contributed by atoms with Crippen LogP contribution in [0.1, 0.15) is 29.6 Å². The van der Waals surface area contributed by atoms with Crippen molar-refractivity contribution in [3.63, 3.8) is 0 Å². The number of aromatic amines is 2. The molecule has 0 radical (unpaired) electrons. The Labute approximate surface area is 149 Å². The fourth-order valence-corrected chi connectivity index (χ4v) is 3.97.